The van der Waals surface area contributed by atoms with Crippen molar-refractivity contribution in [1.82, 2.24) is 9.80 Å². The third-order valence-electron chi connectivity index (χ3n) is 5.67. The smallest absolute Gasteiger partial charge is 0.254 e. The van der Waals surface area contributed by atoms with Gasteiger partial charge in [0.1, 0.15) is 13.2 Å². The summed E-state index contributed by atoms with van der Waals surface area (Å²) >= 11 is 0. The molecule has 7 nitrogen and oxygen atoms in total. The lowest BCUT2D eigenvalue weighted by Gasteiger charge is -2.35. The van der Waals surface area contributed by atoms with Gasteiger partial charge in [0.05, 0.1) is 13.2 Å². The van der Waals surface area contributed by atoms with Crippen LogP contribution >= 0.6 is 0 Å². The Morgan fingerprint density at radius 1 is 0.733 bits per heavy atom. The fourth-order valence-electron chi connectivity index (χ4n) is 4.03. The first-order chi connectivity index (χ1) is 14.8. The summed E-state index contributed by atoms with van der Waals surface area (Å²) < 4.78 is 22.7. The Bertz CT molecular complexity index is 924. The monoisotopic (exact) mass is 410 g/mol. The van der Waals surface area contributed by atoms with Crippen LogP contribution in [0.15, 0.2) is 36.4 Å². The van der Waals surface area contributed by atoms with Crippen molar-refractivity contribution in [2.24, 2.45) is 0 Å². The van der Waals surface area contributed by atoms with E-state index < -0.39 is 0 Å². The molecule has 5 rings (SSSR count). The molecule has 2 aromatic carbocycles. The molecule has 158 valence electrons. The number of hydrogen-bond acceptors (Lipinski definition) is 6. The van der Waals surface area contributed by atoms with E-state index in [1.807, 2.05) is 29.2 Å². The molecule has 3 aliphatic heterocycles. The second-order valence-electron chi connectivity index (χ2n) is 7.76. The lowest BCUT2D eigenvalue weighted by Crippen LogP contribution is -2.48. The highest BCUT2D eigenvalue weighted by Crippen LogP contribution is 2.32. The largest absolute Gasteiger partial charge is 0.490 e. The quantitative estimate of drug-likeness (QED) is 0.775. The standard InChI is InChI=1S/C23H26N2O5/c26-23(18-3-5-20-22(15-18)28-11-1-10-27-20)25-8-6-24(7-9-25)16-17-2-4-19-21(14-17)30-13-12-29-19/h2-5,14-15H,1,6-13,16H2. The van der Waals surface area contributed by atoms with Crippen LogP contribution in [0.3, 0.4) is 0 Å². The highest BCUT2D eigenvalue weighted by Gasteiger charge is 2.24. The molecule has 0 unspecified atom stereocenters. The number of rotatable bonds is 3. The molecule has 7 heteroatoms. The highest BCUT2D eigenvalue weighted by atomic mass is 16.6. The van der Waals surface area contributed by atoms with Crippen molar-refractivity contribution in [3.63, 3.8) is 0 Å². The van der Waals surface area contributed by atoms with Gasteiger partial charge in [-0.2, -0.15) is 0 Å². The van der Waals surface area contributed by atoms with Gasteiger partial charge >= 0.3 is 0 Å². The van der Waals surface area contributed by atoms with Crippen LogP contribution in [0.5, 0.6) is 23.0 Å². The first-order valence-corrected chi connectivity index (χ1v) is 10.6. The molecule has 0 N–H and O–H groups in total. The molecular weight excluding hydrogens is 384 g/mol. The molecule has 2 aromatic rings. The number of piperazine rings is 1. The third-order valence-corrected chi connectivity index (χ3v) is 5.67. The van der Waals surface area contributed by atoms with Crippen LogP contribution in [0.4, 0.5) is 0 Å². The van der Waals surface area contributed by atoms with E-state index in [1.54, 1.807) is 0 Å². The molecule has 0 aromatic heterocycles. The SMILES string of the molecule is O=C(c1ccc2c(c1)OCCCO2)N1CCN(Cc2ccc3c(c2)OCCO3)CC1. The van der Waals surface area contributed by atoms with Gasteiger partial charge in [-0.3, -0.25) is 9.69 Å². The summed E-state index contributed by atoms with van der Waals surface area (Å²) in [6, 6.07) is 11.6. The molecule has 0 saturated carbocycles. The van der Waals surface area contributed by atoms with Crippen molar-refractivity contribution in [2.45, 2.75) is 13.0 Å². The predicted octanol–water partition coefficient (Wildman–Crippen LogP) is 2.58. The van der Waals surface area contributed by atoms with Gasteiger partial charge in [0.15, 0.2) is 23.0 Å². The first kappa shape index (κ1) is 19.1. The summed E-state index contributed by atoms with van der Waals surface area (Å²) in [5.41, 5.74) is 1.85. The lowest BCUT2D eigenvalue weighted by molar-refractivity contribution is 0.0628. The van der Waals surface area contributed by atoms with Crippen LogP contribution in [0.2, 0.25) is 0 Å². The Hall–Kier alpha value is -2.93. The maximum absolute atomic E-state index is 13.0. The molecule has 0 aliphatic carbocycles. The molecule has 0 atom stereocenters. The molecule has 0 radical (unpaired) electrons. The maximum atomic E-state index is 13.0. The Balaban J connectivity index is 1.19. The summed E-state index contributed by atoms with van der Waals surface area (Å²) in [5, 5.41) is 0. The number of benzene rings is 2. The number of ether oxygens (including phenoxy) is 4. The number of hydrogen-bond donors (Lipinski definition) is 0. The highest BCUT2D eigenvalue weighted by molar-refractivity contribution is 5.95. The van der Waals surface area contributed by atoms with Crippen molar-refractivity contribution in [3.8, 4) is 23.0 Å². The molecule has 3 aliphatic rings. The Kier molecular flexibility index (Phi) is 5.36. The number of amides is 1. The molecule has 1 fully saturated rings. The van der Waals surface area contributed by atoms with Gasteiger partial charge in [-0.25, -0.2) is 0 Å². The van der Waals surface area contributed by atoms with Crippen LogP contribution in [-0.2, 0) is 6.54 Å². The van der Waals surface area contributed by atoms with Gasteiger partial charge < -0.3 is 23.8 Å². The van der Waals surface area contributed by atoms with Crippen molar-refractivity contribution in [3.05, 3.63) is 47.5 Å². The minimum absolute atomic E-state index is 0.0460. The van der Waals surface area contributed by atoms with E-state index in [9.17, 15) is 4.79 Å². The van der Waals surface area contributed by atoms with E-state index in [0.29, 0.717) is 56.6 Å². The average molecular weight is 410 g/mol. The first-order valence-electron chi connectivity index (χ1n) is 10.6. The Labute approximate surface area is 176 Å². The zero-order valence-electron chi connectivity index (χ0n) is 17.0. The summed E-state index contributed by atoms with van der Waals surface area (Å²) in [7, 11) is 0. The zero-order valence-corrected chi connectivity index (χ0v) is 17.0. The van der Waals surface area contributed by atoms with Gasteiger partial charge in [-0.05, 0) is 35.9 Å². The lowest BCUT2D eigenvalue weighted by atomic mass is 10.1. The van der Waals surface area contributed by atoms with E-state index in [2.05, 4.69) is 17.0 Å². The Morgan fingerprint density at radius 3 is 2.17 bits per heavy atom. The molecular formula is C23H26N2O5. The molecule has 1 amide bonds. The van der Waals surface area contributed by atoms with Gasteiger partial charge in [0, 0.05) is 44.7 Å². The van der Waals surface area contributed by atoms with Crippen molar-refractivity contribution in [1.29, 1.82) is 0 Å². The Morgan fingerprint density at radius 2 is 1.37 bits per heavy atom. The van der Waals surface area contributed by atoms with Crippen molar-refractivity contribution >= 4 is 5.91 Å². The van der Waals surface area contributed by atoms with Gasteiger partial charge in [0.25, 0.3) is 5.91 Å². The summed E-state index contributed by atoms with van der Waals surface area (Å²) in [5.74, 6) is 3.06. The van der Waals surface area contributed by atoms with Gasteiger partial charge in [0.2, 0.25) is 0 Å². The third kappa shape index (κ3) is 4.03. The van der Waals surface area contributed by atoms with Gasteiger partial charge in [-0.1, -0.05) is 6.07 Å². The van der Waals surface area contributed by atoms with Crippen LogP contribution < -0.4 is 18.9 Å². The van der Waals surface area contributed by atoms with Crippen LogP contribution in [0, 0.1) is 0 Å². The molecule has 30 heavy (non-hydrogen) atoms. The topological polar surface area (TPSA) is 60.5 Å². The molecule has 0 bridgehead atoms. The number of carbonyl (C=O) groups excluding carboxylic acids is 1. The second kappa shape index (κ2) is 8.44. The number of nitrogens with zero attached hydrogens (tertiary/aromatic N) is 2. The van der Waals surface area contributed by atoms with Crippen LogP contribution in [0.1, 0.15) is 22.3 Å². The fraction of sp³-hybridized carbons (Fsp3) is 0.435. The van der Waals surface area contributed by atoms with Gasteiger partial charge in [-0.15, -0.1) is 0 Å². The number of carbonyl (C=O) groups is 1. The van der Waals surface area contributed by atoms with Crippen LogP contribution in [0.25, 0.3) is 0 Å². The minimum atomic E-state index is 0.0460. The molecule has 3 heterocycles. The van der Waals surface area contributed by atoms with Crippen LogP contribution in [-0.4, -0.2) is 68.3 Å². The van der Waals surface area contributed by atoms with Crippen molar-refractivity contribution in [2.75, 3.05) is 52.6 Å². The predicted molar refractivity (Wildman–Crippen MR) is 111 cm³/mol. The van der Waals surface area contributed by atoms with E-state index in [1.165, 1.54) is 5.56 Å². The normalized spacial score (nSPS) is 18.6. The summed E-state index contributed by atoms with van der Waals surface area (Å²) in [6.45, 7) is 6.38. The second-order valence-corrected chi connectivity index (χ2v) is 7.76. The molecule has 1 saturated heterocycles. The van der Waals surface area contributed by atoms with E-state index >= 15 is 0 Å². The number of fused-ring (bicyclic) bond motifs is 2. The summed E-state index contributed by atoms with van der Waals surface area (Å²) in [4.78, 5) is 17.3. The maximum Gasteiger partial charge on any atom is 0.254 e. The minimum Gasteiger partial charge on any atom is -0.490 e. The van der Waals surface area contributed by atoms with E-state index in [-0.39, 0.29) is 5.91 Å². The van der Waals surface area contributed by atoms with E-state index in [4.69, 9.17) is 18.9 Å². The molecule has 0 spiro atoms. The zero-order chi connectivity index (χ0) is 20.3. The summed E-state index contributed by atoms with van der Waals surface area (Å²) in [6.07, 6.45) is 0.850. The average Bonchev–Trinajstić information content (AvgIpc) is 3.04. The van der Waals surface area contributed by atoms with Crippen molar-refractivity contribution < 1.29 is 23.7 Å². The fourth-order valence-corrected chi connectivity index (χ4v) is 4.03. The van der Waals surface area contributed by atoms with E-state index in [0.717, 1.165) is 37.6 Å².